The van der Waals surface area contributed by atoms with Crippen molar-refractivity contribution >= 4 is 11.7 Å². The number of methoxy groups -OCH3 is 1. The standard InChI is InChI=1S/C12H19NO4/c1-3-9(14)4-5-12(15)13-6-7-17-11-8-10(11)16-2/h3,10-11H,1,4-8H2,2H3,(H,13,15). The molecule has 0 heterocycles. The maximum atomic E-state index is 11.3. The summed E-state index contributed by atoms with van der Waals surface area (Å²) in [5.41, 5.74) is 0. The average Bonchev–Trinajstić information content (AvgIpc) is 3.10. The molecule has 5 heteroatoms. The number of carbonyl (C=O) groups excluding carboxylic acids is 2. The third-order valence-electron chi connectivity index (χ3n) is 2.56. The van der Waals surface area contributed by atoms with Crippen molar-refractivity contribution in [2.75, 3.05) is 20.3 Å². The van der Waals surface area contributed by atoms with E-state index in [0.29, 0.717) is 13.2 Å². The van der Waals surface area contributed by atoms with Gasteiger partial charge in [-0.25, -0.2) is 0 Å². The minimum absolute atomic E-state index is 0.114. The minimum Gasteiger partial charge on any atom is -0.379 e. The van der Waals surface area contributed by atoms with Crippen LogP contribution in [0.4, 0.5) is 0 Å². The van der Waals surface area contributed by atoms with E-state index in [2.05, 4.69) is 11.9 Å². The summed E-state index contributed by atoms with van der Waals surface area (Å²) in [4.78, 5) is 22.1. The highest BCUT2D eigenvalue weighted by molar-refractivity contribution is 5.92. The first-order chi connectivity index (χ1) is 8.17. The third-order valence-corrected chi connectivity index (χ3v) is 2.56. The summed E-state index contributed by atoms with van der Waals surface area (Å²) in [6, 6.07) is 0. The molecule has 0 aliphatic heterocycles. The number of rotatable bonds is 9. The van der Waals surface area contributed by atoms with Crippen molar-refractivity contribution in [3.05, 3.63) is 12.7 Å². The van der Waals surface area contributed by atoms with Crippen LogP contribution >= 0.6 is 0 Å². The van der Waals surface area contributed by atoms with E-state index < -0.39 is 0 Å². The van der Waals surface area contributed by atoms with E-state index in [0.717, 1.165) is 6.42 Å². The molecule has 1 aliphatic carbocycles. The Morgan fingerprint density at radius 1 is 1.41 bits per heavy atom. The van der Waals surface area contributed by atoms with Crippen molar-refractivity contribution in [3.63, 3.8) is 0 Å². The molecule has 0 aromatic rings. The van der Waals surface area contributed by atoms with E-state index in [1.807, 2.05) is 0 Å². The molecular formula is C12H19NO4. The van der Waals surface area contributed by atoms with E-state index in [-0.39, 0.29) is 36.7 Å². The molecule has 1 N–H and O–H groups in total. The molecule has 0 spiro atoms. The molecule has 0 aromatic heterocycles. The molecule has 1 amide bonds. The first kappa shape index (κ1) is 13.9. The fourth-order valence-corrected chi connectivity index (χ4v) is 1.40. The van der Waals surface area contributed by atoms with Gasteiger partial charge in [0.25, 0.3) is 0 Å². The summed E-state index contributed by atoms with van der Waals surface area (Å²) in [6.07, 6.45) is 2.97. The topological polar surface area (TPSA) is 64.6 Å². The molecule has 0 radical (unpaired) electrons. The van der Waals surface area contributed by atoms with Gasteiger partial charge in [0.2, 0.25) is 5.91 Å². The van der Waals surface area contributed by atoms with Crippen molar-refractivity contribution in [1.29, 1.82) is 0 Å². The quantitative estimate of drug-likeness (QED) is 0.470. The lowest BCUT2D eigenvalue weighted by atomic mass is 10.2. The molecule has 1 aliphatic rings. The zero-order valence-electron chi connectivity index (χ0n) is 10.1. The van der Waals surface area contributed by atoms with Crippen molar-refractivity contribution < 1.29 is 19.1 Å². The summed E-state index contributed by atoms with van der Waals surface area (Å²) in [5, 5.41) is 2.69. The number of hydrogen-bond donors (Lipinski definition) is 1. The zero-order chi connectivity index (χ0) is 12.7. The Labute approximate surface area is 101 Å². The van der Waals surface area contributed by atoms with Crippen LogP contribution in [0.1, 0.15) is 19.3 Å². The maximum absolute atomic E-state index is 11.3. The molecule has 2 unspecified atom stereocenters. The average molecular weight is 241 g/mol. The van der Waals surface area contributed by atoms with Gasteiger partial charge in [-0.15, -0.1) is 0 Å². The monoisotopic (exact) mass is 241 g/mol. The van der Waals surface area contributed by atoms with Gasteiger partial charge in [0.15, 0.2) is 5.78 Å². The zero-order valence-corrected chi connectivity index (χ0v) is 10.1. The van der Waals surface area contributed by atoms with Gasteiger partial charge in [0, 0.05) is 32.9 Å². The van der Waals surface area contributed by atoms with Crippen LogP contribution in [0.3, 0.4) is 0 Å². The highest BCUT2D eigenvalue weighted by atomic mass is 16.6. The Hall–Kier alpha value is -1.20. The van der Waals surface area contributed by atoms with Crippen molar-refractivity contribution in [2.24, 2.45) is 0 Å². The number of ether oxygens (including phenoxy) is 2. The molecule has 1 fully saturated rings. The highest BCUT2D eigenvalue weighted by Gasteiger charge is 2.38. The Morgan fingerprint density at radius 2 is 2.18 bits per heavy atom. The molecule has 17 heavy (non-hydrogen) atoms. The van der Waals surface area contributed by atoms with Gasteiger partial charge < -0.3 is 14.8 Å². The van der Waals surface area contributed by atoms with Crippen molar-refractivity contribution in [2.45, 2.75) is 31.5 Å². The molecule has 5 nitrogen and oxygen atoms in total. The second kappa shape index (κ2) is 7.19. The normalized spacial score (nSPS) is 21.9. The van der Waals surface area contributed by atoms with Crippen LogP contribution in [0.2, 0.25) is 0 Å². The first-order valence-corrected chi connectivity index (χ1v) is 5.73. The van der Waals surface area contributed by atoms with Crippen LogP contribution in [-0.4, -0.2) is 44.2 Å². The fraction of sp³-hybridized carbons (Fsp3) is 0.667. The summed E-state index contributed by atoms with van der Waals surface area (Å²) in [6.45, 7) is 4.29. The fourth-order valence-electron chi connectivity index (χ4n) is 1.40. The smallest absolute Gasteiger partial charge is 0.220 e. The largest absolute Gasteiger partial charge is 0.379 e. The van der Waals surface area contributed by atoms with Gasteiger partial charge in [-0.05, 0) is 6.08 Å². The molecule has 1 rings (SSSR count). The summed E-state index contributed by atoms with van der Waals surface area (Å²) < 4.78 is 10.5. The molecule has 0 saturated heterocycles. The van der Waals surface area contributed by atoms with E-state index >= 15 is 0 Å². The molecule has 96 valence electrons. The number of carbonyl (C=O) groups is 2. The summed E-state index contributed by atoms with van der Waals surface area (Å²) >= 11 is 0. The lowest BCUT2D eigenvalue weighted by Gasteiger charge is -2.05. The van der Waals surface area contributed by atoms with Gasteiger partial charge in [0.1, 0.15) is 0 Å². The Kier molecular flexibility index (Phi) is 5.86. The summed E-state index contributed by atoms with van der Waals surface area (Å²) in [7, 11) is 1.66. The van der Waals surface area contributed by atoms with Crippen LogP contribution in [-0.2, 0) is 19.1 Å². The lowest BCUT2D eigenvalue weighted by Crippen LogP contribution is -2.27. The van der Waals surface area contributed by atoms with Gasteiger partial charge in [-0.2, -0.15) is 0 Å². The van der Waals surface area contributed by atoms with Gasteiger partial charge >= 0.3 is 0 Å². The first-order valence-electron chi connectivity index (χ1n) is 5.73. The second-order valence-electron chi connectivity index (χ2n) is 3.94. The SMILES string of the molecule is C=CC(=O)CCC(=O)NCCOC1CC1OC. The Morgan fingerprint density at radius 3 is 2.76 bits per heavy atom. The second-order valence-corrected chi connectivity index (χ2v) is 3.94. The third kappa shape index (κ3) is 5.60. The molecule has 2 atom stereocenters. The van der Waals surface area contributed by atoms with Crippen LogP contribution in [0.25, 0.3) is 0 Å². The number of hydrogen-bond acceptors (Lipinski definition) is 4. The maximum Gasteiger partial charge on any atom is 0.220 e. The van der Waals surface area contributed by atoms with Gasteiger partial charge in [-0.3, -0.25) is 9.59 Å². The predicted octanol–water partition coefficient (Wildman–Crippen LogP) is 0.442. The molecular weight excluding hydrogens is 222 g/mol. The van der Waals surface area contributed by atoms with Gasteiger partial charge in [0.05, 0.1) is 18.8 Å². The number of nitrogens with one attached hydrogen (secondary N) is 1. The Balaban J connectivity index is 1.93. The highest BCUT2D eigenvalue weighted by Crippen LogP contribution is 2.27. The van der Waals surface area contributed by atoms with E-state index in [1.165, 1.54) is 6.08 Å². The lowest BCUT2D eigenvalue weighted by molar-refractivity contribution is -0.124. The molecule has 0 aromatic carbocycles. The number of allylic oxidation sites excluding steroid dienone is 1. The summed E-state index contributed by atoms with van der Waals surface area (Å²) in [5.74, 6) is -0.250. The van der Waals surface area contributed by atoms with Crippen LogP contribution in [0.15, 0.2) is 12.7 Å². The van der Waals surface area contributed by atoms with Crippen LogP contribution in [0.5, 0.6) is 0 Å². The van der Waals surface area contributed by atoms with E-state index in [9.17, 15) is 9.59 Å². The van der Waals surface area contributed by atoms with E-state index in [4.69, 9.17) is 9.47 Å². The Bertz CT molecular complexity index is 290. The van der Waals surface area contributed by atoms with Gasteiger partial charge in [-0.1, -0.05) is 6.58 Å². The van der Waals surface area contributed by atoms with Crippen molar-refractivity contribution in [1.82, 2.24) is 5.32 Å². The van der Waals surface area contributed by atoms with E-state index in [1.54, 1.807) is 7.11 Å². The van der Waals surface area contributed by atoms with Crippen LogP contribution < -0.4 is 5.32 Å². The van der Waals surface area contributed by atoms with Crippen LogP contribution in [0, 0.1) is 0 Å². The minimum atomic E-state index is -0.136. The molecule has 1 saturated carbocycles. The predicted molar refractivity (Wildman–Crippen MR) is 62.6 cm³/mol. The van der Waals surface area contributed by atoms with Crippen molar-refractivity contribution in [3.8, 4) is 0 Å². The number of amides is 1. The number of ketones is 1. The molecule has 0 bridgehead atoms.